The summed E-state index contributed by atoms with van der Waals surface area (Å²) < 4.78 is 26.8. The molecule has 0 aliphatic carbocycles. The summed E-state index contributed by atoms with van der Waals surface area (Å²) in [6, 6.07) is 7.45. The lowest BCUT2D eigenvalue weighted by Gasteiger charge is -2.10. The molecule has 0 spiro atoms. The Kier molecular flexibility index (Phi) is 4.76. The number of anilines is 1. The van der Waals surface area contributed by atoms with Crippen LogP contribution >= 0.6 is 0 Å². The van der Waals surface area contributed by atoms with Crippen LogP contribution in [0.15, 0.2) is 36.5 Å². The fourth-order valence-electron chi connectivity index (χ4n) is 1.97. The molecule has 5 nitrogen and oxygen atoms in total. The summed E-state index contributed by atoms with van der Waals surface area (Å²) in [5.41, 5.74) is -0.108. The number of aromatic nitrogens is 1. The van der Waals surface area contributed by atoms with Crippen molar-refractivity contribution in [1.29, 1.82) is 5.26 Å². The average molecular weight is 315 g/mol. The summed E-state index contributed by atoms with van der Waals surface area (Å²) in [7, 11) is 0. The van der Waals surface area contributed by atoms with Crippen molar-refractivity contribution in [2.75, 3.05) is 5.32 Å². The van der Waals surface area contributed by atoms with E-state index >= 15 is 0 Å². The number of nitriles is 1. The van der Waals surface area contributed by atoms with Gasteiger partial charge in [-0.3, -0.25) is 14.6 Å². The molecule has 1 aromatic carbocycles. The highest BCUT2D eigenvalue weighted by molar-refractivity contribution is 6.03. The van der Waals surface area contributed by atoms with E-state index in [1.54, 1.807) is 6.07 Å². The van der Waals surface area contributed by atoms with Crippen LogP contribution in [-0.2, 0) is 4.79 Å². The number of Topliss-reactive ketones (excluding diaryl/α,β-unsaturated/α-hetero) is 1. The van der Waals surface area contributed by atoms with Gasteiger partial charge in [0.05, 0.1) is 23.5 Å². The summed E-state index contributed by atoms with van der Waals surface area (Å²) in [6.07, 6.45) is 0.872. The van der Waals surface area contributed by atoms with Crippen molar-refractivity contribution in [3.05, 3.63) is 59.4 Å². The third-order valence-corrected chi connectivity index (χ3v) is 2.99. The molecule has 1 N–H and O–H groups in total. The Morgan fingerprint density at radius 2 is 2.00 bits per heavy atom. The number of amides is 1. The van der Waals surface area contributed by atoms with Crippen LogP contribution in [0.3, 0.4) is 0 Å². The highest BCUT2D eigenvalue weighted by atomic mass is 19.1. The molecule has 0 bridgehead atoms. The van der Waals surface area contributed by atoms with Crippen molar-refractivity contribution < 1.29 is 18.4 Å². The second-order valence-corrected chi connectivity index (χ2v) is 4.70. The molecular formula is C16H11F2N3O2. The monoisotopic (exact) mass is 315 g/mol. The number of nitrogens with zero attached hydrogens (tertiary/aromatic N) is 2. The third kappa shape index (κ3) is 3.74. The number of hydrogen-bond donors (Lipinski definition) is 1. The molecule has 0 radical (unpaired) electrons. The summed E-state index contributed by atoms with van der Waals surface area (Å²) in [6.45, 7) is 1.27. The number of rotatable bonds is 4. The fourth-order valence-corrected chi connectivity index (χ4v) is 1.97. The van der Waals surface area contributed by atoms with Crippen LogP contribution in [0.1, 0.15) is 28.9 Å². The zero-order chi connectivity index (χ0) is 17.0. The number of ketones is 1. The second kappa shape index (κ2) is 6.75. The van der Waals surface area contributed by atoms with Crippen LogP contribution in [0, 0.1) is 23.0 Å². The average Bonchev–Trinajstić information content (AvgIpc) is 2.51. The van der Waals surface area contributed by atoms with E-state index in [0.717, 1.165) is 24.4 Å². The number of carbonyl (C=O) groups is 2. The predicted octanol–water partition coefficient (Wildman–Crippen LogP) is 2.81. The molecular weight excluding hydrogens is 304 g/mol. The molecule has 0 aliphatic rings. The van der Waals surface area contributed by atoms with Gasteiger partial charge >= 0.3 is 0 Å². The van der Waals surface area contributed by atoms with Crippen LogP contribution in [0.2, 0.25) is 0 Å². The lowest BCUT2D eigenvalue weighted by atomic mass is 9.94. The number of benzene rings is 1. The van der Waals surface area contributed by atoms with Crippen molar-refractivity contribution in [1.82, 2.24) is 4.98 Å². The lowest BCUT2D eigenvalue weighted by molar-refractivity contribution is -0.114. The number of pyridine rings is 1. The van der Waals surface area contributed by atoms with Gasteiger partial charge in [0.15, 0.2) is 11.7 Å². The minimum atomic E-state index is -1.38. The first-order chi connectivity index (χ1) is 10.9. The maximum atomic E-state index is 13.9. The first-order valence-corrected chi connectivity index (χ1v) is 6.55. The zero-order valence-electron chi connectivity index (χ0n) is 12.0. The molecule has 1 heterocycles. The van der Waals surface area contributed by atoms with Gasteiger partial charge in [-0.2, -0.15) is 5.26 Å². The number of hydrogen-bond acceptors (Lipinski definition) is 4. The van der Waals surface area contributed by atoms with Gasteiger partial charge < -0.3 is 5.32 Å². The first-order valence-electron chi connectivity index (χ1n) is 6.55. The third-order valence-electron chi connectivity index (χ3n) is 2.99. The van der Waals surface area contributed by atoms with Gasteiger partial charge in [0, 0.05) is 12.6 Å². The van der Waals surface area contributed by atoms with E-state index in [1.165, 1.54) is 19.1 Å². The van der Waals surface area contributed by atoms with E-state index in [4.69, 9.17) is 0 Å². The molecule has 23 heavy (non-hydrogen) atoms. The van der Waals surface area contributed by atoms with Gasteiger partial charge in [0.25, 0.3) is 0 Å². The van der Waals surface area contributed by atoms with E-state index < -0.39 is 23.3 Å². The Balaban J connectivity index is 2.39. The van der Waals surface area contributed by atoms with Crippen LogP contribution < -0.4 is 5.32 Å². The SMILES string of the molecule is CC(=O)Nc1ccc(F)c(C(=O)[C@H](C#N)c2ccc(F)cn2)c1. The predicted molar refractivity (Wildman–Crippen MR) is 77.6 cm³/mol. The summed E-state index contributed by atoms with van der Waals surface area (Å²) in [5, 5.41) is 11.6. The quantitative estimate of drug-likeness (QED) is 0.879. The van der Waals surface area contributed by atoms with Crippen LogP contribution in [0.4, 0.5) is 14.5 Å². The Hall–Kier alpha value is -3.14. The molecule has 0 aliphatic heterocycles. The van der Waals surface area contributed by atoms with Crippen LogP contribution in [-0.4, -0.2) is 16.7 Å². The first kappa shape index (κ1) is 16.2. The van der Waals surface area contributed by atoms with Gasteiger partial charge in [0.1, 0.15) is 11.6 Å². The molecule has 0 saturated heterocycles. The van der Waals surface area contributed by atoms with Gasteiger partial charge in [-0.15, -0.1) is 0 Å². The van der Waals surface area contributed by atoms with E-state index in [-0.39, 0.29) is 22.9 Å². The largest absolute Gasteiger partial charge is 0.326 e. The minimum absolute atomic E-state index is 0.0169. The fraction of sp³-hybridized carbons (Fsp3) is 0.125. The normalized spacial score (nSPS) is 11.4. The van der Waals surface area contributed by atoms with Crippen molar-refractivity contribution in [2.24, 2.45) is 0 Å². The number of halogens is 2. The molecule has 0 saturated carbocycles. The molecule has 2 rings (SSSR count). The Morgan fingerprint density at radius 1 is 1.26 bits per heavy atom. The van der Waals surface area contributed by atoms with Crippen molar-refractivity contribution in [3.63, 3.8) is 0 Å². The number of nitrogens with one attached hydrogen (secondary N) is 1. The standard InChI is InChI=1S/C16H11F2N3O2/c1-9(22)21-11-3-4-14(18)12(6-11)16(23)13(7-19)15-5-2-10(17)8-20-15/h2-6,8,13H,1H3,(H,21,22)/t13-/m1/s1. The van der Waals surface area contributed by atoms with Gasteiger partial charge in [-0.05, 0) is 30.3 Å². The highest BCUT2D eigenvalue weighted by Gasteiger charge is 2.26. The second-order valence-electron chi connectivity index (χ2n) is 4.70. The summed E-state index contributed by atoms with van der Waals surface area (Å²) in [4.78, 5) is 27.1. The molecule has 1 amide bonds. The van der Waals surface area contributed by atoms with Gasteiger partial charge in [-0.1, -0.05) is 0 Å². The molecule has 1 aromatic heterocycles. The minimum Gasteiger partial charge on any atom is -0.326 e. The van der Waals surface area contributed by atoms with Crippen molar-refractivity contribution >= 4 is 17.4 Å². The molecule has 2 aromatic rings. The van der Waals surface area contributed by atoms with E-state index in [2.05, 4.69) is 10.3 Å². The van der Waals surface area contributed by atoms with E-state index in [0.29, 0.717) is 0 Å². The van der Waals surface area contributed by atoms with Crippen molar-refractivity contribution in [2.45, 2.75) is 12.8 Å². The summed E-state index contributed by atoms with van der Waals surface area (Å²) in [5.74, 6) is -4.02. The van der Waals surface area contributed by atoms with Gasteiger partial charge in [0.2, 0.25) is 5.91 Å². The van der Waals surface area contributed by atoms with E-state index in [9.17, 15) is 23.6 Å². The molecule has 0 unspecified atom stereocenters. The van der Waals surface area contributed by atoms with Crippen molar-refractivity contribution in [3.8, 4) is 6.07 Å². The van der Waals surface area contributed by atoms with E-state index in [1.807, 2.05) is 0 Å². The summed E-state index contributed by atoms with van der Waals surface area (Å²) >= 11 is 0. The number of carbonyl (C=O) groups excluding carboxylic acids is 2. The molecule has 7 heteroatoms. The van der Waals surface area contributed by atoms with Crippen LogP contribution in [0.25, 0.3) is 0 Å². The Labute approximate surface area is 130 Å². The smallest absolute Gasteiger partial charge is 0.221 e. The van der Waals surface area contributed by atoms with Crippen LogP contribution in [0.5, 0.6) is 0 Å². The lowest BCUT2D eigenvalue weighted by Crippen LogP contribution is -2.15. The topological polar surface area (TPSA) is 82.9 Å². The maximum Gasteiger partial charge on any atom is 0.221 e. The Morgan fingerprint density at radius 3 is 2.57 bits per heavy atom. The maximum absolute atomic E-state index is 13.9. The Bertz CT molecular complexity index is 798. The highest BCUT2D eigenvalue weighted by Crippen LogP contribution is 2.23. The zero-order valence-corrected chi connectivity index (χ0v) is 12.0. The molecule has 0 fully saturated rings. The molecule has 116 valence electrons. The van der Waals surface area contributed by atoms with Gasteiger partial charge in [-0.25, -0.2) is 8.78 Å². The molecule has 1 atom stereocenters.